The third-order valence-corrected chi connectivity index (χ3v) is 2.61. The minimum atomic E-state index is -0.745. The summed E-state index contributed by atoms with van der Waals surface area (Å²) >= 11 is 5.51. The first kappa shape index (κ1) is 15.7. The summed E-state index contributed by atoms with van der Waals surface area (Å²) in [6, 6.07) is 8.75. The van der Waals surface area contributed by atoms with Gasteiger partial charge >= 0.3 is 0 Å². The number of rotatable bonds is 6. The van der Waals surface area contributed by atoms with E-state index in [0.717, 1.165) is 5.56 Å². The van der Waals surface area contributed by atoms with Gasteiger partial charge in [0.1, 0.15) is 12.4 Å². The normalized spacial score (nSPS) is 13.7. The predicted octanol–water partition coefficient (Wildman–Crippen LogP) is 3.15. The van der Waals surface area contributed by atoms with Crippen LogP contribution in [0.15, 0.2) is 41.2 Å². The number of halogens is 2. The first-order valence-corrected chi connectivity index (χ1v) is 6.31. The van der Waals surface area contributed by atoms with Crippen LogP contribution in [0, 0.1) is 0 Å². The Morgan fingerprint density at radius 3 is 2.63 bits per heavy atom. The number of hydrogen-bond donors (Lipinski definition) is 1. The fraction of sp³-hybridized carbons (Fsp3) is 0.357. The molecule has 0 heterocycles. The SMILES string of the molecule is C/C(Cl)=C(/F)[C@H](C)NC(=O)COCc1ccccc1. The molecule has 5 heteroatoms. The van der Waals surface area contributed by atoms with Gasteiger partial charge in [-0.05, 0) is 19.4 Å². The molecule has 0 aliphatic carbocycles. The average molecular weight is 286 g/mol. The van der Waals surface area contributed by atoms with Gasteiger partial charge in [0.2, 0.25) is 5.91 Å². The Morgan fingerprint density at radius 2 is 2.05 bits per heavy atom. The van der Waals surface area contributed by atoms with E-state index in [9.17, 15) is 9.18 Å². The molecule has 1 aromatic rings. The standard InChI is InChI=1S/C14H17ClFNO2/c1-10(15)14(16)11(2)17-13(18)9-19-8-12-6-4-3-5-7-12/h3-7,11H,8-9H2,1-2H3,(H,17,18)/b14-10-/t11-/m0/s1. The second-order valence-electron chi connectivity index (χ2n) is 4.15. The molecule has 0 aromatic heterocycles. The molecule has 1 aromatic carbocycles. The minimum absolute atomic E-state index is 0.0398. The number of carbonyl (C=O) groups is 1. The van der Waals surface area contributed by atoms with E-state index < -0.39 is 11.9 Å². The van der Waals surface area contributed by atoms with E-state index >= 15 is 0 Å². The summed E-state index contributed by atoms with van der Waals surface area (Å²) in [4.78, 5) is 11.5. The molecule has 0 bridgehead atoms. The van der Waals surface area contributed by atoms with Crippen molar-refractivity contribution in [2.75, 3.05) is 6.61 Å². The molecule has 3 nitrogen and oxygen atoms in total. The van der Waals surface area contributed by atoms with Crippen molar-refractivity contribution in [3.63, 3.8) is 0 Å². The van der Waals surface area contributed by atoms with E-state index in [1.54, 1.807) is 0 Å². The third kappa shape index (κ3) is 5.85. The van der Waals surface area contributed by atoms with Crippen LogP contribution in [0.1, 0.15) is 19.4 Å². The summed E-state index contributed by atoms with van der Waals surface area (Å²) in [5.41, 5.74) is 0.978. The van der Waals surface area contributed by atoms with Gasteiger partial charge in [-0.1, -0.05) is 41.9 Å². The van der Waals surface area contributed by atoms with E-state index in [2.05, 4.69) is 5.32 Å². The van der Waals surface area contributed by atoms with Gasteiger partial charge in [0.05, 0.1) is 12.6 Å². The van der Waals surface area contributed by atoms with Crippen LogP contribution in [0.2, 0.25) is 0 Å². The Hall–Kier alpha value is -1.39. The molecule has 0 radical (unpaired) electrons. The van der Waals surface area contributed by atoms with Gasteiger partial charge in [-0.25, -0.2) is 4.39 Å². The Bertz CT molecular complexity index is 444. The lowest BCUT2D eigenvalue weighted by molar-refractivity contribution is -0.126. The third-order valence-electron chi connectivity index (χ3n) is 2.43. The maximum Gasteiger partial charge on any atom is 0.246 e. The lowest BCUT2D eigenvalue weighted by Gasteiger charge is -2.12. The van der Waals surface area contributed by atoms with Crippen LogP contribution in [-0.2, 0) is 16.1 Å². The lowest BCUT2D eigenvalue weighted by atomic mass is 10.2. The number of nitrogens with one attached hydrogen (secondary N) is 1. The molecule has 19 heavy (non-hydrogen) atoms. The van der Waals surface area contributed by atoms with Crippen LogP contribution >= 0.6 is 11.6 Å². The highest BCUT2D eigenvalue weighted by Crippen LogP contribution is 2.13. The van der Waals surface area contributed by atoms with Gasteiger partial charge in [0.15, 0.2) is 0 Å². The molecule has 0 spiro atoms. The topological polar surface area (TPSA) is 38.3 Å². The number of carbonyl (C=O) groups excluding carboxylic acids is 1. The van der Waals surface area contributed by atoms with E-state index in [-0.39, 0.29) is 17.5 Å². The molecule has 0 aliphatic heterocycles. The molecule has 104 valence electrons. The maximum absolute atomic E-state index is 13.4. The Morgan fingerprint density at radius 1 is 1.42 bits per heavy atom. The number of ether oxygens (including phenoxy) is 1. The second-order valence-corrected chi connectivity index (χ2v) is 4.72. The van der Waals surface area contributed by atoms with Crippen molar-refractivity contribution in [3.05, 3.63) is 46.8 Å². The highest BCUT2D eigenvalue weighted by atomic mass is 35.5. The molecular weight excluding hydrogens is 269 g/mol. The van der Waals surface area contributed by atoms with Crippen LogP contribution in [0.5, 0.6) is 0 Å². The van der Waals surface area contributed by atoms with E-state index in [1.165, 1.54) is 13.8 Å². The maximum atomic E-state index is 13.4. The molecule has 1 amide bonds. The molecular formula is C14H17ClFNO2. The zero-order valence-corrected chi connectivity index (χ0v) is 11.7. The number of hydrogen-bond acceptors (Lipinski definition) is 2. The van der Waals surface area contributed by atoms with Crippen molar-refractivity contribution in [2.24, 2.45) is 0 Å². The molecule has 1 atom stereocenters. The van der Waals surface area contributed by atoms with Gasteiger partial charge in [-0.15, -0.1) is 0 Å². The van der Waals surface area contributed by atoms with Crippen LogP contribution in [-0.4, -0.2) is 18.6 Å². The zero-order chi connectivity index (χ0) is 14.3. The number of amides is 1. The molecule has 1 N–H and O–H groups in total. The summed E-state index contributed by atoms with van der Waals surface area (Å²) in [6.45, 7) is 3.19. The quantitative estimate of drug-likeness (QED) is 0.872. The summed E-state index contributed by atoms with van der Waals surface area (Å²) < 4.78 is 18.6. The molecule has 1 rings (SSSR count). The van der Waals surface area contributed by atoms with Crippen LogP contribution in [0.4, 0.5) is 4.39 Å². The van der Waals surface area contributed by atoms with Gasteiger partial charge in [-0.3, -0.25) is 4.79 Å². The summed E-state index contributed by atoms with van der Waals surface area (Å²) in [5, 5.41) is 2.51. The largest absolute Gasteiger partial charge is 0.367 e. The van der Waals surface area contributed by atoms with Gasteiger partial charge in [0.25, 0.3) is 0 Å². The van der Waals surface area contributed by atoms with Crippen LogP contribution in [0.25, 0.3) is 0 Å². The van der Waals surface area contributed by atoms with Crippen molar-refractivity contribution < 1.29 is 13.9 Å². The highest BCUT2D eigenvalue weighted by Gasteiger charge is 2.13. The molecule has 0 aliphatic rings. The fourth-order valence-electron chi connectivity index (χ4n) is 1.48. The van der Waals surface area contributed by atoms with Crippen molar-refractivity contribution in [2.45, 2.75) is 26.5 Å². The van der Waals surface area contributed by atoms with Crippen molar-refractivity contribution in [1.82, 2.24) is 5.32 Å². The number of allylic oxidation sites excluding steroid dienone is 1. The van der Waals surface area contributed by atoms with Crippen molar-refractivity contribution in [1.29, 1.82) is 0 Å². The summed E-state index contributed by atoms with van der Waals surface area (Å²) in [5.74, 6) is -0.922. The molecule has 0 unspecified atom stereocenters. The van der Waals surface area contributed by atoms with Crippen molar-refractivity contribution >= 4 is 17.5 Å². The summed E-state index contributed by atoms with van der Waals surface area (Å²) in [6.07, 6.45) is 0. The Balaban J connectivity index is 2.31. The Labute approximate surface area is 117 Å². The van der Waals surface area contributed by atoms with Gasteiger partial charge < -0.3 is 10.1 Å². The highest BCUT2D eigenvalue weighted by molar-refractivity contribution is 6.29. The first-order chi connectivity index (χ1) is 9.00. The Kier molecular flexibility index (Phi) is 6.53. The van der Waals surface area contributed by atoms with E-state index in [4.69, 9.17) is 16.3 Å². The number of benzene rings is 1. The zero-order valence-electron chi connectivity index (χ0n) is 11.0. The van der Waals surface area contributed by atoms with E-state index in [0.29, 0.717) is 6.61 Å². The second kappa shape index (κ2) is 7.92. The first-order valence-electron chi connectivity index (χ1n) is 5.93. The van der Waals surface area contributed by atoms with E-state index in [1.807, 2.05) is 30.3 Å². The van der Waals surface area contributed by atoms with Gasteiger partial charge in [0, 0.05) is 5.03 Å². The van der Waals surface area contributed by atoms with Crippen molar-refractivity contribution in [3.8, 4) is 0 Å². The predicted molar refractivity (Wildman–Crippen MR) is 73.4 cm³/mol. The fourth-order valence-corrected chi connectivity index (χ4v) is 1.64. The van der Waals surface area contributed by atoms with Crippen LogP contribution < -0.4 is 5.32 Å². The van der Waals surface area contributed by atoms with Crippen LogP contribution in [0.3, 0.4) is 0 Å². The minimum Gasteiger partial charge on any atom is -0.367 e. The molecule has 0 saturated carbocycles. The molecule has 0 saturated heterocycles. The molecule has 0 fully saturated rings. The lowest BCUT2D eigenvalue weighted by Crippen LogP contribution is -2.35. The average Bonchev–Trinajstić information content (AvgIpc) is 2.38. The monoisotopic (exact) mass is 285 g/mol. The van der Waals surface area contributed by atoms with Gasteiger partial charge in [-0.2, -0.15) is 0 Å². The smallest absolute Gasteiger partial charge is 0.246 e. The summed E-state index contributed by atoms with van der Waals surface area (Å²) in [7, 11) is 0.